The number of nitrogens with zero attached hydrogens (tertiary/aromatic N) is 4. The van der Waals surface area contributed by atoms with Gasteiger partial charge in [0, 0.05) is 31.0 Å². The van der Waals surface area contributed by atoms with E-state index in [9.17, 15) is 4.79 Å². The first-order valence-corrected chi connectivity index (χ1v) is 8.18. The van der Waals surface area contributed by atoms with Crippen LogP contribution in [0.25, 0.3) is 11.5 Å². The van der Waals surface area contributed by atoms with Gasteiger partial charge in [-0.25, -0.2) is 9.97 Å². The van der Waals surface area contributed by atoms with Crippen LogP contribution < -0.4 is 4.90 Å². The molecule has 2 aromatic rings. The molecule has 0 aromatic carbocycles. The number of anilines is 1. The number of hydrogen-bond acceptors (Lipinski definition) is 6. The number of ether oxygens (including phenoxy) is 1. The van der Waals surface area contributed by atoms with Crippen molar-refractivity contribution in [2.24, 2.45) is 5.41 Å². The summed E-state index contributed by atoms with van der Waals surface area (Å²) in [5.74, 6) is 1.30. The van der Waals surface area contributed by atoms with Crippen LogP contribution in [0.1, 0.15) is 26.0 Å². The zero-order chi connectivity index (χ0) is 17.2. The molecule has 126 valence electrons. The van der Waals surface area contributed by atoms with E-state index in [1.165, 1.54) is 7.11 Å². The molecule has 1 saturated heterocycles. The molecule has 0 saturated carbocycles. The number of pyridine rings is 1. The zero-order valence-corrected chi connectivity index (χ0v) is 14.3. The molecular formula is C18H22N4O2. The van der Waals surface area contributed by atoms with Crippen molar-refractivity contribution in [3.05, 3.63) is 36.2 Å². The molecule has 0 spiro atoms. The smallest absolute Gasteiger partial charge is 0.313 e. The van der Waals surface area contributed by atoms with Gasteiger partial charge in [0.15, 0.2) is 5.82 Å². The number of carbonyl (C=O) groups is 1. The van der Waals surface area contributed by atoms with Crippen LogP contribution >= 0.6 is 0 Å². The molecule has 0 aliphatic carbocycles. The maximum Gasteiger partial charge on any atom is 0.313 e. The van der Waals surface area contributed by atoms with Crippen molar-refractivity contribution in [3.8, 4) is 11.5 Å². The number of carbonyl (C=O) groups excluding carboxylic acids is 1. The Morgan fingerprint density at radius 1 is 1.38 bits per heavy atom. The van der Waals surface area contributed by atoms with E-state index in [0.717, 1.165) is 36.6 Å². The highest BCUT2D eigenvalue weighted by Crippen LogP contribution is 2.34. The molecule has 1 aliphatic heterocycles. The Kier molecular flexibility index (Phi) is 4.46. The Morgan fingerprint density at radius 2 is 2.21 bits per heavy atom. The van der Waals surface area contributed by atoms with Crippen molar-refractivity contribution < 1.29 is 9.53 Å². The minimum absolute atomic E-state index is 0.167. The van der Waals surface area contributed by atoms with Crippen molar-refractivity contribution in [2.75, 3.05) is 25.1 Å². The number of aryl methyl sites for hydroxylation is 1. The lowest BCUT2D eigenvalue weighted by atomic mass is 9.90. The normalized spacial score (nSPS) is 20.2. The molecule has 3 heterocycles. The van der Waals surface area contributed by atoms with Crippen LogP contribution in [-0.4, -0.2) is 41.1 Å². The first-order valence-electron chi connectivity index (χ1n) is 8.18. The number of rotatable bonds is 4. The van der Waals surface area contributed by atoms with Crippen molar-refractivity contribution in [3.63, 3.8) is 0 Å². The molecule has 0 N–H and O–H groups in total. The Labute approximate surface area is 141 Å². The quantitative estimate of drug-likeness (QED) is 0.804. The fourth-order valence-corrected chi connectivity index (χ4v) is 3.01. The van der Waals surface area contributed by atoms with E-state index in [2.05, 4.69) is 26.8 Å². The van der Waals surface area contributed by atoms with Crippen LogP contribution in [-0.2, 0) is 16.0 Å². The van der Waals surface area contributed by atoms with Gasteiger partial charge in [0.25, 0.3) is 0 Å². The molecule has 1 fully saturated rings. The lowest BCUT2D eigenvalue weighted by Crippen LogP contribution is -2.33. The summed E-state index contributed by atoms with van der Waals surface area (Å²) in [5, 5.41) is 0. The van der Waals surface area contributed by atoms with Crippen molar-refractivity contribution in [2.45, 2.75) is 26.7 Å². The van der Waals surface area contributed by atoms with E-state index in [1.807, 2.05) is 31.2 Å². The SMILES string of the molecule is CCc1cc(N2CCC(C)(C(=O)OC)C2)nc(-c2ccccn2)n1. The molecule has 3 rings (SSSR count). The highest BCUT2D eigenvalue weighted by molar-refractivity contribution is 5.78. The van der Waals surface area contributed by atoms with Gasteiger partial charge < -0.3 is 9.64 Å². The van der Waals surface area contributed by atoms with E-state index >= 15 is 0 Å². The minimum atomic E-state index is -0.489. The predicted octanol–water partition coefficient (Wildman–Crippen LogP) is 2.49. The molecule has 1 atom stereocenters. The summed E-state index contributed by atoms with van der Waals surface area (Å²) in [6.45, 7) is 5.38. The molecule has 6 nitrogen and oxygen atoms in total. The number of esters is 1. The van der Waals surface area contributed by atoms with Gasteiger partial charge in [0.05, 0.1) is 12.5 Å². The van der Waals surface area contributed by atoms with Gasteiger partial charge in [-0.15, -0.1) is 0 Å². The Morgan fingerprint density at radius 3 is 2.88 bits per heavy atom. The third-order valence-electron chi connectivity index (χ3n) is 4.50. The summed E-state index contributed by atoms with van der Waals surface area (Å²) >= 11 is 0. The molecule has 0 bridgehead atoms. The lowest BCUT2D eigenvalue weighted by molar-refractivity contribution is -0.150. The second-order valence-electron chi connectivity index (χ2n) is 6.33. The lowest BCUT2D eigenvalue weighted by Gasteiger charge is -2.23. The average Bonchev–Trinajstić information content (AvgIpc) is 3.05. The predicted molar refractivity (Wildman–Crippen MR) is 91.6 cm³/mol. The molecule has 0 radical (unpaired) electrons. The summed E-state index contributed by atoms with van der Waals surface area (Å²) in [6, 6.07) is 7.70. The van der Waals surface area contributed by atoms with E-state index < -0.39 is 5.41 Å². The van der Waals surface area contributed by atoms with Crippen LogP contribution in [0.3, 0.4) is 0 Å². The molecule has 1 aliphatic rings. The third-order valence-corrected chi connectivity index (χ3v) is 4.50. The summed E-state index contributed by atoms with van der Waals surface area (Å²) < 4.78 is 4.95. The topological polar surface area (TPSA) is 68.2 Å². The van der Waals surface area contributed by atoms with Gasteiger partial charge in [-0.05, 0) is 31.9 Å². The maximum atomic E-state index is 12.0. The molecular weight excluding hydrogens is 304 g/mol. The minimum Gasteiger partial charge on any atom is -0.469 e. The maximum absolute atomic E-state index is 12.0. The molecule has 0 amide bonds. The summed E-state index contributed by atoms with van der Waals surface area (Å²) in [7, 11) is 1.44. The Balaban J connectivity index is 1.93. The van der Waals surface area contributed by atoms with Crippen LogP contribution in [0.4, 0.5) is 5.82 Å². The van der Waals surface area contributed by atoms with Crippen LogP contribution in [0.15, 0.2) is 30.5 Å². The van der Waals surface area contributed by atoms with Crippen molar-refractivity contribution >= 4 is 11.8 Å². The van der Waals surface area contributed by atoms with Crippen molar-refractivity contribution in [1.82, 2.24) is 15.0 Å². The zero-order valence-electron chi connectivity index (χ0n) is 14.3. The fraction of sp³-hybridized carbons (Fsp3) is 0.444. The number of aromatic nitrogens is 3. The number of methoxy groups -OCH3 is 1. The van der Waals surface area contributed by atoms with Gasteiger partial charge in [-0.2, -0.15) is 0 Å². The summed E-state index contributed by atoms with van der Waals surface area (Å²) in [4.78, 5) is 27.8. The van der Waals surface area contributed by atoms with E-state index in [1.54, 1.807) is 6.20 Å². The van der Waals surface area contributed by atoms with Crippen LogP contribution in [0.5, 0.6) is 0 Å². The first kappa shape index (κ1) is 16.4. The van der Waals surface area contributed by atoms with Crippen LogP contribution in [0.2, 0.25) is 0 Å². The first-order chi connectivity index (χ1) is 11.6. The second kappa shape index (κ2) is 6.55. The highest BCUT2D eigenvalue weighted by Gasteiger charge is 2.42. The monoisotopic (exact) mass is 326 g/mol. The van der Waals surface area contributed by atoms with E-state index in [0.29, 0.717) is 12.4 Å². The Hall–Kier alpha value is -2.50. The largest absolute Gasteiger partial charge is 0.469 e. The summed E-state index contributed by atoms with van der Waals surface area (Å²) in [5.41, 5.74) is 1.23. The average molecular weight is 326 g/mol. The second-order valence-corrected chi connectivity index (χ2v) is 6.33. The Bertz CT molecular complexity index is 735. The molecule has 6 heteroatoms. The third kappa shape index (κ3) is 3.09. The van der Waals surface area contributed by atoms with Crippen LogP contribution in [0, 0.1) is 5.41 Å². The van der Waals surface area contributed by atoms with Crippen molar-refractivity contribution in [1.29, 1.82) is 0 Å². The molecule has 1 unspecified atom stereocenters. The highest BCUT2D eigenvalue weighted by atomic mass is 16.5. The number of hydrogen-bond donors (Lipinski definition) is 0. The summed E-state index contributed by atoms with van der Waals surface area (Å²) in [6.07, 6.45) is 3.31. The van der Waals surface area contributed by atoms with E-state index in [4.69, 9.17) is 4.74 Å². The molecule has 2 aromatic heterocycles. The molecule has 24 heavy (non-hydrogen) atoms. The van der Waals surface area contributed by atoms with Gasteiger partial charge >= 0.3 is 5.97 Å². The van der Waals surface area contributed by atoms with Gasteiger partial charge in [0.2, 0.25) is 0 Å². The van der Waals surface area contributed by atoms with Gasteiger partial charge in [-0.3, -0.25) is 9.78 Å². The van der Waals surface area contributed by atoms with Gasteiger partial charge in [-0.1, -0.05) is 13.0 Å². The fourth-order valence-electron chi connectivity index (χ4n) is 3.01. The standard InChI is InChI=1S/C18H22N4O2/c1-4-13-11-15(21-16(20-13)14-7-5-6-9-19-14)22-10-8-18(2,12-22)17(23)24-3/h5-7,9,11H,4,8,10,12H2,1-3H3. The van der Waals surface area contributed by atoms with E-state index in [-0.39, 0.29) is 5.97 Å². The van der Waals surface area contributed by atoms with Gasteiger partial charge in [0.1, 0.15) is 11.5 Å².